The standard InChI is InChI=1S/C25H26N4O2/c1-3-29(27)16-28-23(21-9-5-7-19-11-13-31-25(19)21)15-17(2)14-22(26)20-8-4-6-18-10-12-30-24(18)20/h4-15H,3,16,26-27H2,1-2H3/b17-15+,22-14-,28-23+. The Morgan fingerprint density at radius 1 is 0.935 bits per heavy atom. The molecule has 0 saturated heterocycles. The highest BCUT2D eigenvalue weighted by molar-refractivity contribution is 6.15. The zero-order valence-corrected chi connectivity index (χ0v) is 17.7. The first-order chi connectivity index (χ1) is 15.1. The van der Waals surface area contributed by atoms with Gasteiger partial charge in [0.25, 0.3) is 0 Å². The Hall–Kier alpha value is -3.61. The summed E-state index contributed by atoms with van der Waals surface area (Å²) in [5.41, 5.74) is 12.1. The molecule has 2 aromatic carbocycles. The zero-order chi connectivity index (χ0) is 21.8. The van der Waals surface area contributed by atoms with Crippen molar-refractivity contribution < 1.29 is 8.83 Å². The van der Waals surface area contributed by atoms with Crippen LogP contribution in [0.4, 0.5) is 0 Å². The quantitative estimate of drug-likeness (QED) is 0.191. The molecule has 0 atom stereocenters. The van der Waals surface area contributed by atoms with Crippen molar-refractivity contribution in [2.24, 2.45) is 16.6 Å². The van der Waals surface area contributed by atoms with Gasteiger partial charge >= 0.3 is 0 Å². The third kappa shape index (κ3) is 4.45. The molecular weight excluding hydrogens is 388 g/mol. The van der Waals surface area contributed by atoms with Crippen molar-refractivity contribution >= 4 is 33.3 Å². The fourth-order valence-corrected chi connectivity index (χ4v) is 3.47. The predicted octanol–water partition coefficient (Wildman–Crippen LogP) is 5.07. The number of aliphatic imine (C=N–C) groups is 1. The van der Waals surface area contributed by atoms with Gasteiger partial charge in [-0.05, 0) is 48.9 Å². The van der Waals surface area contributed by atoms with Crippen LogP contribution in [-0.4, -0.2) is 23.9 Å². The van der Waals surface area contributed by atoms with Crippen molar-refractivity contribution in [1.29, 1.82) is 0 Å². The summed E-state index contributed by atoms with van der Waals surface area (Å²) in [4.78, 5) is 4.75. The second-order valence-corrected chi connectivity index (χ2v) is 7.37. The molecule has 6 nitrogen and oxygen atoms in total. The molecule has 0 aliphatic carbocycles. The van der Waals surface area contributed by atoms with Gasteiger partial charge in [-0.25, -0.2) is 5.01 Å². The fraction of sp³-hybridized carbons (Fsp3) is 0.160. The van der Waals surface area contributed by atoms with Crippen LogP contribution in [0, 0.1) is 0 Å². The Labute approximate surface area is 181 Å². The minimum absolute atomic E-state index is 0.373. The van der Waals surface area contributed by atoms with Crippen molar-refractivity contribution in [3.05, 3.63) is 89.9 Å². The van der Waals surface area contributed by atoms with Crippen LogP contribution in [0.25, 0.3) is 27.6 Å². The first kappa shape index (κ1) is 20.7. The van der Waals surface area contributed by atoms with Gasteiger partial charge in [0.05, 0.1) is 18.2 Å². The molecule has 0 radical (unpaired) electrons. The second-order valence-electron chi connectivity index (χ2n) is 7.37. The van der Waals surface area contributed by atoms with E-state index in [4.69, 9.17) is 25.4 Å². The van der Waals surface area contributed by atoms with E-state index in [0.717, 1.165) is 44.4 Å². The lowest BCUT2D eigenvalue weighted by Gasteiger charge is -2.12. The van der Waals surface area contributed by atoms with Gasteiger partial charge in [0.1, 0.15) is 17.8 Å². The topological polar surface area (TPSA) is 93.9 Å². The van der Waals surface area contributed by atoms with E-state index in [0.29, 0.717) is 18.9 Å². The fourth-order valence-electron chi connectivity index (χ4n) is 3.47. The molecule has 2 aromatic heterocycles. The van der Waals surface area contributed by atoms with Crippen LogP contribution in [0.15, 0.2) is 92.6 Å². The molecule has 6 heteroatoms. The molecule has 4 N–H and O–H groups in total. The van der Waals surface area contributed by atoms with Crippen molar-refractivity contribution in [3.63, 3.8) is 0 Å². The summed E-state index contributed by atoms with van der Waals surface area (Å²) in [6.45, 7) is 5.05. The number of nitrogens with zero attached hydrogens (tertiary/aromatic N) is 2. The molecule has 4 rings (SSSR count). The van der Waals surface area contributed by atoms with E-state index < -0.39 is 0 Å². The predicted molar refractivity (Wildman–Crippen MR) is 126 cm³/mol. The van der Waals surface area contributed by atoms with Gasteiger partial charge in [-0.2, -0.15) is 0 Å². The molecule has 2 heterocycles. The summed E-state index contributed by atoms with van der Waals surface area (Å²) < 4.78 is 11.3. The molecule has 0 bridgehead atoms. The maximum absolute atomic E-state index is 6.43. The number of hydrogen-bond donors (Lipinski definition) is 2. The van der Waals surface area contributed by atoms with Crippen molar-refractivity contribution in [2.75, 3.05) is 13.2 Å². The minimum Gasteiger partial charge on any atom is -0.464 e. The van der Waals surface area contributed by atoms with Gasteiger partial charge in [0.15, 0.2) is 0 Å². The normalized spacial score (nSPS) is 13.6. The minimum atomic E-state index is 0.373. The third-order valence-corrected chi connectivity index (χ3v) is 5.12. The number of hydrogen-bond acceptors (Lipinski definition) is 6. The lowest BCUT2D eigenvalue weighted by molar-refractivity contribution is 0.310. The zero-order valence-electron chi connectivity index (χ0n) is 17.7. The molecule has 0 aliphatic rings. The molecular formula is C25H26N4O2. The molecule has 31 heavy (non-hydrogen) atoms. The van der Waals surface area contributed by atoms with Crippen molar-refractivity contribution in [2.45, 2.75) is 13.8 Å². The summed E-state index contributed by atoms with van der Waals surface area (Å²) in [7, 11) is 0. The van der Waals surface area contributed by atoms with Gasteiger partial charge in [-0.15, -0.1) is 0 Å². The number of furan rings is 2. The van der Waals surface area contributed by atoms with E-state index in [1.165, 1.54) is 0 Å². The monoisotopic (exact) mass is 414 g/mol. The maximum Gasteiger partial charge on any atom is 0.143 e. The van der Waals surface area contributed by atoms with Gasteiger partial charge in [-0.1, -0.05) is 31.2 Å². The van der Waals surface area contributed by atoms with E-state index in [2.05, 4.69) is 0 Å². The molecule has 158 valence electrons. The Kier molecular flexibility index (Phi) is 6.02. The number of para-hydroxylation sites is 2. The summed E-state index contributed by atoms with van der Waals surface area (Å²) in [5, 5.41) is 3.69. The van der Waals surface area contributed by atoms with E-state index in [1.54, 1.807) is 17.5 Å². The molecule has 0 unspecified atom stereocenters. The Balaban J connectivity index is 1.74. The second kappa shape index (κ2) is 9.04. The molecule has 0 saturated carbocycles. The van der Waals surface area contributed by atoms with E-state index in [1.807, 2.05) is 74.5 Å². The number of hydrazine groups is 1. The van der Waals surface area contributed by atoms with Crippen LogP contribution in [-0.2, 0) is 0 Å². The van der Waals surface area contributed by atoms with E-state index in [-0.39, 0.29) is 0 Å². The summed E-state index contributed by atoms with van der Waals surface area (Å²) in [6, 6.07) is 15.8. The number of benzene rings is 2. The van der Waals surface area contributed by atoms with E-state index in [9.17, 15) is 0 Å². The molecule has 0 aliphatic heterocycles. The van der Waals surface area contributed by atoms with E-state index >= 15 is 0 Å². The van der Waals surface area contributed by atoms with Gasteiger partial charge in [0.2, 0.25) is 0 Å². The number of allylic oxidation sites excluding steroid dienone is 3. The van der Waals surface area contributed by atoms with Crippen LogP contribution < -0.4 is 11.6 Å². The maximum atomic E-state index is 6.43. The highest BCUT2D eigenvalue weighted by atomic mass is 16.3. The number of rotatable bonds is 7. The summed E-state index contributed by atoms with van der Waals surface area (Å²) >= 11 is 0. The first-order valence-corrected chi connectivity index (χ1v) is 10.2. The van der Waals surface area contributed by atoms with Crippen molar-refractivity contribution in [3.8, 4) is 0 Å². The number of fused-ring (bicyclic) bond motifs is 2. The Morgan fingerprint density at radius 3 is 2.19 bits per heavy atom. The highest BCUT2D eigenvalue weighted by Gasteiger charge is 2.11. The summed E-state index contributed by atoms with van der Waals surface area (Å²) in [5.74, 6) is 5.96. The highest BCUT2D eigenvalue weighted by Crippen LogP contribution is 2.25. The van der Waals surface area contributed by atoms with Crippen molar-refractivity contribution in [1.82, 2.24) is 5.01 Å². The van der Waals surface area contributed by atoms with Crippen LogP contribution >= 0.6 is 0 Å². The Bertz CT molecular complexity index is 1290. The van der Waals surface area contributed by atoms with Crippen LogP contribution in [0.3, 0.4) is 0 Å². The molecule has 0 spiro atoms. The Morgan fingerprint density at radius 2 is 1.55 bits per heavy atom. The lowest BCUT2D eigenvalue weighted by atomic mass is 10.0. The van der Waals surface area contributed by atoms with Gasteiger partial charge in [-0.3, -0.25) is 10.8 Å². The van der Waals surface area contributed by atoms with Gasteiger partial charge in [0, 0.05) is 34.1 Å². The summed E-state index contributed by atoms with van der Waals surface area (Å²) in [6.07, 6.45) is 7.28. The smallest absolute Gasteiger partial charge is 0.143 e. The van der Waals surface area contributed by atoms with Crippen LogP contribution in [0.2, 0.25) is 0 Å². The molecule has 0 fully saturated rings. The van der Waals surface area contributed by atoms with Crippen LogP contribution in [0.5, 0.6) is 0 Å². The molecule has 0 amide bonds. The van der Waals surface area contributed by atoms with Gasteiger partial charge < -0.3 is 14.6 Å². The lowest BCUT2D eigenvalue weighted by Crippen LogP contribution is -2.31. The number of nitrogens with two attached hydrogens (primary N) is 2. The molecule has 4 aromatic rings. The largest absolute Gasteiger partial charge is 0.464 e. The first-order valence-electron chi connectivity index (χ1n) is 10.2. The van der Waals surface area contributed by atoms with Crippen LogP contribution in [0.1, 0.15) is 25.0 Å². The third-order valence-electron chi connectivity index (χ3n) is 5.12. The average molecular weight is 415 g/mol. The average Bonchev–Trinajstić information content (AvgIpc) is 3.45. The SMILES string of the molecule is CCN(N)C\N=C(/C=C(C)/C=C(\N)c1cccc2ccoc12)c1cccc2ccoc12.